The van der Waals surface area contributed by atoms with Gasteiger partial charge in [0.05, 0.1) is 0 Å². The van der Waals surface area contributed by atoms with Crippen LogP contribution in [0.1, 0.15) is 29.9 Å². The van der Waals surface area contributed by atoms with Gasteiger partial charge in [0.15, 0.2) is 16.6 Å². The maximum Gasteiger partial charge on any atom is 0.181 e. The zero-order valence-corrected chi connectivity index (χ0v) is 11.6. The topological polar surface area (TPSA) is 60.9 Å². The SMILES string of the molecule is Cc1c(Cl)nn2c(C(C)n3cccn3)nnc2c1C. The predicted molar refractivity (Wildman–Crippen MR) is 71.3 cm³/mol. The number of aromatic nitrogens is 6. The smallest absolute Gasteiger partial charge is 0.181 e. The van der Waals surface area contributed by atoms with Gasteiger partial charge in [-0.25, -0.2) is 0 Å². The Morgan fingerprint density at radius 3 is 2.68 bits per heavy atom. The standard InChI is InChI=1S/C12H13ClN6/c1-7-8(2)11-15-16-12(19(11)17-10(7)13)9(3)18-6-4-5-14-18/h4-6,9H,1-3H3. The maximum atomic E-state index is 6.14. The molecule has 0 N–H and O–H groups in total. The van der Waals surface area contributed by atoms with E-state index in [1.807, 2.05) is 33.0 Å². The summed E-state index contributed by atoms with van der Waals surface area (Å²) < 4.78 is 3.50. The Morgan fingerprint density at radius 2 is 2.00 bits per heavy atom. The molecule has 3 aromatic rings. The Labute approximate surface area is 115 Å². The van der Waals surface area contributed by atoms with Crippen molar-refractivity contribution in [2.75, 3.05) is 0 Å². The molecule has 0 spiro atoms. The van der Waals surface area contributed by atoms with Crippen LogP contribution in [0.5, 0.6) is 0 Å². The highest BCUT2D eigenvalue weighted by atomic mass is 35.5. The molecule has 0 aliphatic carbocycles. The zero-order valence-electron chi connectivity index (χ0n) is 10.9. The molecule has 0 saturated carbocycles. The van der Waals surface area contributed by atoms with Gasteiger partial charge in [0.2, 0.25) is 0 Å². The number of fused-ring (bicyclic) bond motifs is 1. The van der Waals surface area contributed by atoms with Gasteiger partial charge in [0.25, 0.3) is 0 Å². The number of hydrogen-bond acceptors (Lipinski definition) is 4. The van der Waals surface area contributed by atoms with E-state index < -0.39 is 0 Å². The van der Waals surface area contributed by atoms with Crippen molar-refractivity contribution in [3.8, 4) is 0 Å². The molecule has 0 saturated heterocycles. The number of rotatable bonds is 2. The van der Waals surface area contributed by atoms with E-state index in [1.54, 1.807) is 15.4 Å². The highest BCUT2D eigenvalue weighted by Gasteiger charge is 2.19. The second kappa shape index (κ2) is 4.31. The largest absolute Gasteiger partial charge is 0.262 e. The lowest BCUT2D eigenvalue weighted by molar-refractivity contribution is 0.523. The molecule has 1 unspecified atom stereocenters. The quantitative estimate of drug-likeness (QED) is 0.720. The van der Waals surface area contributed by atoms with Crippen molar-refractivity contribution in [3.63, 3.8) is 0 Å². The van der Waals surface area contributed by atoms with Crippen LogP contribution >= 0.6 is 11.6 Å². The predicted octanol–water partition coefficient (Wildman–Crippen LogP) is 2.20. The van der Waals surface area contributed by atoms with Crippen molar-refractivity contribution >= 4 is 17.2 Å². The molecule has 7 heteroatoms. The van der Waals surface area contributed by atoms with E-state index in [1.165, 1.54) is 0 Å². The number of aryl methyl sites for hydroxylation is 1. The summed E-state index contributed by atoms with van der Waals surface area (Å²) in [4.78, 5) is 0. The molecule has 98 valence electrons. The van der Waals surface area contributed by atoms with Gasteiger partial charge in [-0.2, -0.15) is 14.7 Å². The van der Waals surface area contributed by atoms with E-state index in [9.17, 15) is 0 Å². The molecular weight excluding hydrogens is 264 g/mol. The lowest BCUT2D eigenvalue weighted by Gasteiger charge is -2.10. The van der Waals surface area contributed by atoms with E-state index in [0.717, 1.165) is 16.8 Å². The van der Waals surface area contributed by atoms with Crippen LogP contribution in [0.4, 0.5) is 0 Å². The van der Waals surface area contributed by atoms with E-state index in [4.69, 9.17) is 11.6 Å². The number of hydrogen-bond donors (Lipinski definition) is 0. The van der Waals surface area contributed by atoms with Crippen LogP contribution < -0.4 is 0 Å². The summed E-state index contributed by atoms with van der Waals surface area (Å²) in [5.74, 6) is 0.712. The minimum atomic E-state index is -0.0596. The monoisotopic (exact) mass is 276 g/mol. The zero-order chi connectivity index (χ0) is 13.6. The van der Waals surface area contributed by atoms with Gasteiger partial charge in [-0.15, -0.1) is 10.2 Å². The Balaban J connectivity index is 2.21. The molecule has 19 heavy (non-hydrogen) atoms. The third kappa shape index (κ3) is 1.79. The Morgan fingerprint density at radius 1 is 1.21 bits per heavy atom. The molecule has 0 aliphatic rings. The van der Waals surface area contributed by atoms with E-state index in [2.05, 4.69) is 20.4 Å². The maximum absolute atomic E-state index is 6.14. The van der Waals surface area contributed by atoms with Crippen LogP contribution in [0.15, 0.2) is 18.5 Å². The molecule has 3 aromatic heterocycles. The Kier molecular flexibility index (Phi) is 2.74. The summed E-state index contributed by atoms with van der Waals surface area (Å²) in [7, 11) is 0. The second-order valence-corrected chi connectivity index (χ2v) is 4.85. The summed E-state index contributed by atoms with van der Waals surface area (Å²) in [5, 5.41) is 17.5. The minimum absolute atomic E-state index is 0.0596. The van der Waals surface area contributed by atoms with Crippen molar-refractivity contribution < 1.29 is 0 Å². The van der Waals surface area contributed by atoms with Crippen LogP contribution in [0, 0.1) is 13.8 Å². The molecule has 0 aliphatic heterocycles. The third-order valence-electron chi connectivity index (χ3n) is 3.36. The van der Waals surface area contributed by atoms with Gasteiger partial charge in [-0.05, 0) is 32.4 Å². The van der Waals surface area contributed by atoms with Gasteiger partial charge >= 0.3 is 0 Å². The summed E-state index contributed by atoms with van der Waals surface area (Å²) in [6.07, 6.45) is 3.62. The fourth-order valence-electron chi connectivity index (χ4n) is 2.00. The van der Waals surface area contributed by atoms with Crippen molar-refractivity contribution in [3.05, 3.63) is 40.6 Å². The molecule has 0 amide bonds. The lowest BCUT2D eigenvalue weighted by Crippen LogP contribution is -2.13. The van der Waals surface area contributed by atoms with Crippen LogP contribution in [-0.2, 0) is 0 Å². The van der Waals surface area contributed by atoms with Gasteiger partial charge in [0, 0.05) is 18.0 Å². The molecule has 0 fully saturated rings. The van der Waals surface area contributed by atoms with Gasteiger partial charge < -0.3 is 0 Å². The summed E-state index contributed by atoms with van der Waals surface area (Å²) >= 11 is 6.14. The summed E-state index contributed by atoms with van der Waals surface area (Å²) in [6.45, 7) is 5.89. The first-order valence-corrected chi connectivity index (χ1v) is 6.34. The fraction of sp³-hybridized carbons (Fsp3) is 0.333. The first kappa shape index (κ1) is 12.1. The van der Waals surface area contributed by atoms with Crippen LogP contribution in [0.3, 0.4) is 0 Å². The van der Waals surface area contributed by atoms with Crippen molar-refractivity contribution in [2.45, 2.75) is 26.8 Å². The van der Waals surface area contributed by atoms with Crippen molar-refractivity contribution in [1.82, 2.24) is 29.6 Å². The van der Waals surface area contributed by atoms with Crippen molar-refractivity contribution in [2.24, 2.45) is 0 Å². The molecule has 3 heterocycles. The third-order valence-corrected chi connectivity index (χ3v) is 3.71. The molecule has 6 nitrogen and oxygen atoms in total. The van der Waals surface area contributed by atoms with E-state index in [-0.39, 0.29) is 6.04 Å². The molecular formula is C12H13ClN6. The van der Waals surface area contributed by atoms with Gasteiger partial charge in [0.1, 0.15) is 6.04 Å². The first-order valence-electron chi connectivity index (χ1n) is 5.96. The number of halogens is 1. The van der Waals surface area contributed by atoms with Gasteiger partial charge in [-0.1, -0.05) is 11.6 Å². The highest BCUT2D eigenvalue weighted by Crippen LogP contribution is 2.22. The van der Waals surface area contributed by atoms with Crippen LogP contribution in [0.2, 0.25) is 5.15 Å². The fourth-order valence-corrected chi connectivity index (χ4v) is 2.22. The minimum Gasteiger partial charge on any atom is -0.262 e. The lowest BCUT2D eigenvalue weighted by atomic mass is 10.2. The normalized spacial score (nSPS) is 13.1. The Bertz CT molecular complexity index is 730. The van der Waals surface area contributed by atoms with Crippen LogP contribution in [0.25, 0.3) is 5.65 Å². The van der Waals surface area contributed by atoms with E-state index >= 15 is 0 Å². The second-order valence-electron chi connectivity index (χ2n) is 4.50. The molecule has 0 aromatic carbocycles. The highest BCUT2D eigenvalue weighted by molar-refractivity contribution is 6.30. The van der Waals surface area contributed by atoms with Crippen LogP contribution in [-0.4, -0.2) is 29.6 Å². The molecule has 0 bridgehead atoms. The average molecular weight is 277 g/mol. The first-order chi connectivity index (χ1) is 9.09. The Hall–Kier alpha value is -1.95. The molecule has 1 atom stereocenters. The summed E-state index contributed by atoms with van der Waals surface area (Å²) in [6, 6.07) is 1.81. The van der Waals surface area contributed by atoms with E-state index in [0.29, 0.717) is 11.0 Å². The average Bonchev–Trinajstić information content (AvgIpc) is 3.04. The summed E-state index contributed by atoms with van der Waals surface area (Å²) in [5.41, 5.74) is 2.65. The van der Waals surface area contributed by atoms with Gasteiger partial charge in [-0.3, -0.25) is 4.68 Å². The van der Waals surface area contributed by atoms with Crippen molar-refractivity contribution in [1.29, 1.82) is 0 Å². The number of nitrogens with zero attached hydrogens (tertiary/aromatic N) is 6. The molecule has 0 radical (unpaired) electrons. The molecule has 3 rings (SSSR count).